The molecule has 1 aromatic heterocycles. The van der Waals surface area contributed by atoms with Gasteiger partial charge in [0.15, 0.2) is 0 Å². The van der Waals surface area contributed by atoms with Gasteiger partial charge in [-0.15, -0.1) is 0 Å². The number of hydrogen-bond acceptors (Lipinski definition) is 6. The van der Waals surface area contributed by atoms with E-state index in [9.17, 15) is 4.79 Å². The van der Waals surface area contributed by atoms with Gasteiger partial charge in [-0.2, -0.15) is 10.1 Å². The van der Waals surface area contributed by atoms with Crippen LogP contribution in [0.4, 0.5) is 0 Å². The molecule has 0 saturated heterocycles. The predicted molar refractivity (Wildman–Crippen MR) is 114 cm³/mol. The van der Waals surface area contributed by atoms with E-state index in [0.717, 1.165) is 22.6 Å². The molecule has 1 heterocycles. The SMILES string of the molecule is COc1ccc(-c2nc(=O)n(C(C)CN(C)C)nc2-c2ccc(OC)cc2)cc1. The van der Waals surface area contributed by atoms with Crippen molar-refractivity contribution < 1.29 is 9.47 Å². The average molecular weight is 394 g/mol. The Morgan fingerprint density at radius 3 is 1.83 bits per heavy atom. The fraction of sp³-hybridized carbons (Fsp3) is 0.318. The minimum Gasteiger partial charge on any atom is -0.497 e. The van der Waals surface area contributed by atoms with Gasteiger partial charge in [0.2, 0.25) is 0 Å². The molecule has 1 atom stereocenters. The molecule has 0 spiro atoms. The lowest BCUT2D eigenvalue weighted by Gasteiger charge is -2.19. The summed E-state index contributed by atoms with van der Waals surface area (Å²) in [7, 11) is 7.17. The second-order valence-corrected chi connectivity index (χ2v) is 7.10. The quantitative estimate of drug-likeness (QED) is 0.613. The van der Waals surface area contributed by atoms with Crippen molar-refractivity contribution in [1.29, 1.82) is 0 Å². The van der Waals surface area contributed by atoms with Gasteiger partial charge in [-0.3, -0.25) is 0 Å². The van der Waals surface area contributed by atoms with Crippen molar-refractivity contribution in [3.63, 3.8) is 0 Å². The number of rotatable bonds is 7. The van der Waals surface area contributed by atoms with E-state index in [0.29, 0.717) is 17.9 Å². The number of methoxy groups -OCH3 is 2. The maximum atomic E-state index is 12.8. The van der Waals surface area contributed by atoms with Crippen molar-refractivity contribution in [2.24, 2.45) is 0 Å². The van der Waals surface area contributed by atoms with Crippen LogP contribution in [0.5, 0.6) is 11.5 Å². The molecule has 7 heteroatoms. The van der Waals surface area contributed by atoms with Crippen molar-refractivity contribution >= 4 is 0 Å². The number of ether oxygens (including phenoxy) is 2. The third kappa shape index (κ3) is 4.63. The first kappa shape index (κ1) is 20.5. The topological polar surface area (TPSA) is 69.5 Å². The lowest BCUT2D eigenvalue weighted by Crippen LogP contribution is -2.34. The van der Waals surface area contributed by atoms with E-state index in [2.05, 4.69) is 4.98 Å². The van der Waals surface area contributed by atoms with Crippen LogP contribution in [0.3, 0.4) is 0 Å². The lowest BCUT2D eigenvalue weighted by molar-refractivity contribution is 0.313. The van der Waals surface area contributed by atoms with Crippen molar-refractivity contribution in [3.8, 4) is 34.0 Å². The molecular weight excluding hydrogens is 368 g/mol. The third-order valence-electron chi connectivity index (χ3n) is 4.61. The number of aromatic nitrogens is 3. The summed E-state index contributed by atoms with van der Waals surface area (Å²) < 4.78 is 11.9. The molecule has 0 aliphatic heterocycles. The normalized spacial score (nSPS) is 12.1. The van der Waals surface area contributed by atoms with Crippen LogP contribution in [-0.2, 0) is 0 Å². The van der Waals surface area contributed by atoms with E-state index in [1.54, 1.807) is 14.2 Å². The Morgan fingerprint density at radius 2 is 1.38 bits per heavy atom. The van der Waals surface area contributed by atoms with Crippen molar-refractivity contribution in [2.45, 2.75) is 13.0 Å². The summed E-state index contributed by atoms with van der Waals surface area (Å²) in [6, 6.07) is 14.9. The van der Waals surface area contributed by atoms with E-state index in [1.165, 1.54) is 4.68 Å². The summed E-state index contributed by atoms with van der Waals surface area (Å²) >= 11 is 0. The summed E-state index contributed by atoms with van der Waals surface area (Å²) in [6.07, 6.45) is 0. The number of benzene rings is 2. The van der Waals surface area contributed by atoms with E-state index < -0.39 is 0 Å². The standard InChI is InChI=1S/C22H26N4O3/c1-15(14-25(2)3)26-22(27)23-20(16-6-10-18(28-4)11-7-16)21(24-26)17-8-12-19(29-5)13-9-17/h6-13,15H,14H2,1-5H3. The summed E-state index contributed by atoms with van der Waals surface area (Å²) in [4.78, 5) is 19.2. The molecule has 7 nitrogen and oxygen atoms in total. The number of likely N-dealkylation sites (N-methyl/N-ethyl adjacent to an activating group) is 1. The highest BCUT2D eigenvalue weighted by Gasteiger charge is 2.18. The van der Waals surface area contributed by atoms with Crippen LogP contribution in [-0.4, -0.2) is 54.5 Å². The summed E-state index contributed by atoms with van der Waals surface area (Å²) in [5.74, 6) is 1.49. The minimum atomic E-state index is -0.373. The second kappa shape index (κ2) is 8.87. The Labute approximate surface area is 170 Å². The molecule has 0 saturated carbocycles. The van der Waals surface area contributed by atoms with Crippen LogP contribution >= 0.6 is 0 Å². The van der Waals surface area contributed by atoms with Gasteiger partial charge in [0.25, 0.3) is 0 Å². The van der Waals surface area contributed by atoms with E-state index in [-0.39, 0.29) is 11.7 Å². The highest BCUT2D eigenvalue weighted by Crippen LogP contribution is 2.30. The van der Waals surface area contributed by atoms with Gasteiger partial charge in [0.1, 0.15) is 22.9 Å². The zero-order valence-electron chi connectivity index (χ0n) is 17.4. The fourth-order valence-corrected chi connectivity index (χ4v) is 3.18. The summed E-state index contributed by atoms with van der Waals surface area (Å²) in [5, 5.41) is 4.71. The highest BCUT2D eigenvalue weighted by atomic mass is 16.5. The molecule has 0 aliphatic carbocycles. The molecular formula is C22H26N4O3. The zero-order chi connectivity index (χ0) is 21.0. The molecule has 152 valence electrons. The first-order valence-corrected chi connectivity index (χ1v) is 9.37. The molecule has 3 aromatic rings. The molecule has 2 aromatic carbocycles. The van der Waals surface area contributed by atoms with Gasteiger partial charge in [-0.1, -0.05) is 0 Å². The zero-order valence-corrected chi connectivity index (χ0v) is 17.4. The molecule has 0 N–H and O–H groups in total. The van der Waals surface area contributed by atoms with Crippen molar-refractivity contribution in [1.82, 2.24) is 19.7 Å². The van der Waals surface area contributed by atoms with Crippen molar-refractivity contribution in [3.05, 3.63) is 59.0 Å². The van der Waals surface area contributed by atoms with Gasteiger partial charge >= 0.3 is 5.69 Å². The average Bonchev–Trinajstić information content (AvgIpc) is 2.73. The van der Waals surface area contributed by atoms with Crippen LogP contribution in [0.1, 0.15) is 13.0 Å². The van der Waals surface area contributed by atoms with E-state index in [4.69, 9.17) is 14.6 Å². The molecule has 1 unspecified atom stereocenters. The Kier molecular flexibility index (Phi) is 6.29. The lowest BCUT2D eigenvalue weighted by atomic mass is 10.0. The number of nitrogens with zero attached hydrogens (tertiary/aromatic N) is 4. The van der Waals surface area contributed by atoms with E-state index in [1.807, 2.05) is 74.4 Å². The maximum Gasteiger partial charge on any atom is 0.364 e. The second-order valence-electron chi connectivity index (χ2n) is 7.10. The van der Waals surface area contributed by atoms with E-state index >= 15 is 0 Å². The summed E-state index contributed by atoms with van der Waals surface area (Å²) in [6.45, 7) is 2.64. The molecule has 3 rings (SSSR count). The molecule has 0 radical (unpaired) electrons. The van der Waals surface area contributed by atoms with Gasteiger partial charge in [0.05, 0.1) is 20.3 Å². The Balaban J connectivity index is 2.17. The van der Waals surface area contributed by atoms with Crippen LogP contribution in [0.15, 0.2) is 53.3 Å². The maximum absolute atomic E-state index is 12.8. The smallest absolute Gasteiger partial charge is 0.364 e. The summed E-state index contributed by atoms with van der Waals surface area (Å²) in [5.41, 5.74) is 2.46. The first-order chi connectivity index (χ1) is 13.9. The van der Waals surface area contributed by atoms with Crippen LogP contribution in [0, 0.1) is 0 Å². The molecule has 0 aliphatic rings. The Hall–Kier alpha value is -3.19. The molecule has 0 bridgehead atoms. The fourth-order valence-electron chi connectivity index (χ4n) is 3.18. The Morgan fingerprint density at radius 1 is 0.897 bits per heavy atom. The van der Waals surface area contributed by atoms with Gasteiger partial charge in [0, 0.05) is 17.7 Å². The van der Waals surface area contributed by atoms with Gasteiger partial charge in [-0.05, 0) is 69.6 Å². The predicted octanol–water partition coefficient (Wildman–Crippen LogP) is 3.11. The van der Waals surface area contributed by atoms with Crippen molar-refractivity contribution in [2.75, 3.05) is 34.9 Å². The Bertz CT molecular complexity index is 1010. The largest absolute Gasteiger partial charge is 0.497 e. The van der Waals surface area contributed by atoms with Gasteiger partial charge in [-0.25, -0.2) is 9.48 Å². The third-order valence-corrected chi connectivity index (χ3v) is 4.61. The van der Waals surface area contributed by atoms with Gasteiger partial charge < -0.3 is 14.4 Å². The van der Waals surface area contributed by atoms with Crippen LogP contribution in [0.25, 0.3) is 22.5 Å². The molecule has 0 fully saturated rings. The number of hydrogen-bond donors (Lipinski definition) is 0. The van der Waals surface area contributed by atoms with Crippen LogP contribution < -0.4 is 15.2 Å². The molecule has 0 amide bonds. The highest BCUT2D eigenvalue weighted by molar-refractivity contribution is 5.77. The molecule has 29 heavy (non-hydrogen) atoms. The monoisotopic (exact) mass is 394 g/mol. The minimum absolute atomic E-state index is 0.119. The van der Waals surface area contributed by atoms with Crippen LogP contribution in [0.2, 0.25) is 0 Å². The first-order valence-electron chi connectivity index (χ1n) is 9.37.